The van der Waals surface area contributed by atoms with Crippen LogP contribution in [-0.2, 0) is 18.8 Å². The molecule has 22 heavy (non-hydrogen) atoms. The molecule has 5 nitrogen and oxygen atoms in total. The van der Waals surface area contributed by atoms with Crippen LogP contribution in [0, 0.1) is 5.92 Å². The van der Waals surface area contributed by atoms with Crippen LogP contribution in [-0.4, -0.2) is 19.5 Å². The summed E-state index contributed by atoms with van der Waals surface area (Å²) >= 11 is 0. The largest absolute Gasteiger partial charge is 0.409 e. The van der Waals surface area contributed by atoms with Crippen molar-refractivity contribution >= 4 is 10.4 Å². The maximum Gasteiger partial charge on any atom is 0.409 e. The number of rotatable bonds is 13. The molecule has 1 aliphatic heterocycles. The van der Waals surface area contributed by atoms with Gasteiger partial charge in [0.2, 0.25) is 0 Å². The van der Waals surface area contributed by atoms with E-state index in [2.05, 4.69) is 22.2 Å². The van der Waals surface area contributed by atoms with E-state index < -0.39 is 16.4 Å². The Morgan fingerprint density at radius 1 is 0.909 bits per heavy atom. The fraction of sp³-hybridized carbons (Fsp3) is 1.00. The molecule has 0 aliphatic carbocycles. The highest BCUT2D eigenvalue weighted by molar-refractivity contribution is 7.82. The summed E-state index contributed by atoms with van der Waals surface area (Å²) in [5, 5.41) is 9.52. The number of aliphatic hydroxyl groups is 1. The van der Waals surface area contributed by atoms with E-state index in [0.717, 1.165) is 18.8 Å². The van der Waals surface area contributed by atoms with Crippen LogP contribution in [0.25, 0.3) is 0 Å². The Labute approximate surface area is 135 Å². The zero-order valence-electron chi connectivity index (χ0n) is 14.1. The Morgan fingerprint density at radius 3 is 1.95 bits per heavy atom. The Morgan fingerprint density at radius 2 is 1.41 bits per heavy atom. The van der Waals surface area contributed by atoms with Crippen LogP contribution in [0.5, 0.6) is 0 Å². The number of unbranched alkanes of at least 4 members (excludes halogenated alkanes) is 7. The van der Waals surface area contributed by atoms with Gasteiger partial charge in [0.05, 0.1) is 0 Å². The van der Waals surface area contributed by atoms with Crippen molar-refractivity contribution in [1.29, 1.82) is 0 Å². The van der Waals surface area contributed by atoms with E-state index in [-0.39, 0.29) is 6.42 Å². The fourth-order valence-electron chi connectivity index (χ4n) is 2.84. The molecule has 0 aromatic rings. The standard InChI is InChI=1S/C16H32O5S/c1-3-4-5-9-12-15(2)13-10-7-6-8-11-14-16(17)20-22(18,19)21-16/h15,17H,3-14H2,1-2H3. The van der Waals surface area contributed by atoms with Crippen molar-refractivity contribution in [3.05, 3.63) is 0 Å². The van der Waals surface area contributed by atoms with Gasteiger partial charge < -0.3 is 5.11 Å². The van der Waals surface area contributed by atoms with Gasteiger partial charge in [0.1, 0.15) is 0 Å². The molecular formula is C16H32O5S. The van der Waals surface area contributed by atoms with Crippen LogP contribution in [0.15, 0.2) is 0 Å². The monoisotopic (exact) mass is 336 g/mol. The van der Waals surface area contributed by atoms with Crippen LogP contribution >= 0.6 is 0 Å². The molecule has 0 aromatic carbocycles. The second-order valence-electron chi connectivity index (χ2n) is 6.55. The lowest BCUT2D eigenvalue weighted by molar-refractivity contribution is -0.329. The Bertz CT molecular complexity index is 381. The van der Waals surface area contributed by atoms with E-state index in [9.17, 15) is 13.5 Å². The summed E-state index contributed by atoms with van der Waals surface area (Å²) < 4.78 is 30.0. The van der Waals surface area contributed by atoms with Crippen LogP contribution in [0.3, 0.4) is 0 Å². The van der Waals surface area contributed by atoms with E-state index in [1.807, 2.05) is 0 Å². The third-order valence-electron chi connectivity index (χ3n) is 4.20. The third-order valence-corrected chi connectivity index (χ3v) is 5.13. The maximum atomic E-state index is 10.6. The summed E-state index contributed by atoms with van der Waals surface area (Å²) in [6.07, 6.45) is 13.4. The van der Waals surface area contributed by atoms with E-state index in [0.29, 0.717) is 6.42 Å². The van der Waals surface area contributed by atoms with E-state index in [4.69, 9.17) is 0 Å². The van der Waals surface area contributed by atoms with Crippen molar-refractivity contribution in [3.63, 3.8) is 0 Å². The summed E-state index contributed by atoms with van der Waals surface area (Å²) in [6.45, 7) is 4.58. The first kappa shape index (κ1) is 19.9. The molecule has 0 radical (unpaired) electrons. The zero-order chi connectivity index (χ0) is 16.5. The average Bonchev–Trinajstić information content (AvgIpc) is 2.40. The summed E-state index contributed by atoms with van der Waals surface area (Å²) in [7, 11) is -3.91. The smallest absolute Gasteiger partial charge is 0.342 e. The van der Waals surface area contributed by atoms with Gasteiger partial charge in [-0.15, -0.1) is 0 Å². The summed E-state index contributed by atoms with van der Waals surface area (Å²) in [5.41, 5.74) is 0. The van der Waals surface area contributed by atoms with Gasteiger partial charge in [-0.3, -0.25) is 0 Å². The predicted molar refractivity (Wildman–Crippen MR) is 86.3 cm³/mol. The third kappa shape index (κ3) is 8.46. The first-order valence-corrected chi connectivity index (χ1v) is 10.1. The molecular weight excluding hydrogens is 304 g/mol. The molecule has 1 N–H and O–H groups in total. The molecule has 1 saturated heterocycles. The van der Waals surface area contributed by atoms with E-state index in [1.165, 1.54) is 51.4 Å². The quantitative estimate of drug-likeness (QED) is 0.509. The Hall–Kier alpha value is -0.170. The maximum absolute atomic E-state index is 10.6. The number of hydrogen-bond donors (Lipinski definition) is 1. The molecule has 132 valence electrons. The lowest BCUT2D eigenvalue weighted by Crippen LogP contribution is -2.50. The van der Waals surface area contributed by atoms with Crippen molar-refractivity contribution in [3.8, 4) is 0 Å². The lowest BCUT2D eigenvalue weighted by atomic mass is 9.96. The molecule has 1 aliphatic rings. The van der Waals surface area contributed by atoms with Gasteiger partial charge in [-0.1, -0.05) is 78.1 Å². The molecule has 0 bridgehead atoms. The zero-order valence-corrected chi connectivity index (χ0v) is 14.9. The van der Waals surface area contributed by atoms with Gasteiger partial charge >= 0.3 is 16.4 Å². The van der Waals surface area contributed by atoms with Crippen molar-refractivity contribution in [2.75, 3.05) is 0 Å². The molecule has 0 amide bonds. The molecule has 1 rings (SSSR count). The van der Waals surface area contributed by atoms with Gasteiger partial charge in [-0.05, 0) is 12.3 Å². The van der Waals surface area contributed by atoms with Crippen molar-refractivity contribution in [2.24, 2.45) is 5.92 Å². The normalized spacial score (nSPS) is 20.5. The second-order valence-corrected chi connectivity index (χ2v) is 7.70. The Balaban J connectivity index is 1.87. The highest BCUT2D eigenvalue weighted by atomic mass is 32.3. The highest BCUT2D eigenvalue weighted by Gasteiger charge is 2.50. The van der Waals surface area contributed by atoms with Crippen molar-refractivity contribution in [2.45, 2.75) is 96.9 Å². The van der Waals surface area contributed by atoms with Crippen LogP contribution in [0.4, 0.5) is 0 Å². The fourth-order valence-corrected chi connectivity index (χ4v) is 3.66. The van der Waals surface area contributed by atoms with Gasteiger partial charge in [0.15, 0.2) is 0 Å². The van der Waals surface area contributed by atoms with Crippen LogP contribution in [0.1, 0.15) is 90.9 Å². The molecule has 1 fully saturated rings. The van der Waals surface area contributed by atoms with Gasteiger partial charge in [0, 0.05) is 6.42 Å². The van der Waals surface area contributed by atoms with Crippen molar-refractivity contribution in [1.82, 2.24) is 0 Å². The molecule has 1 heterocycles. The first-order chi connectivity index (χ1) is 10.4. The minimum absolute atomic E-state index is 0.208. The number of hydrogen-bond acceptors (Lipinski definition) is 5. The molecule has 6 heteroatoms. The SMILES string of the molecule is CCCCCCC(C)CCCCCCCC1(O)OS(=O)(=O)O1. The lowest BCUT2D eigenvalue weighted by Gasteiger charge is -2.33. The minimum atomic E-state index is -3.91. The highest BCUT2D eigenvalue weighted by Crippen LogP contribution is 2.32. The van der Waals surface area contributed by atoms with Gasteiger partial charge in [-0.2, -0.15) is 16.8 Å². The second kappa shape index (κ2) is 9.85. The summed E-state index contributed by atoms with van der Waals surface area (Å²) in [5.74, 6) is -1.08. The van der Waals surface area contributed by atoms with Crippen LogP contribution < -0.4 is 0 Å². The minimum Gasteiger partial charge on any atom is -0.342 e. The topological polar surface area (TPSA) is 72.8 Å². The van der Waals surface area contributed by atoms with Gasteiger partial charge in [-0.25, -0.2) is 0 Å². The van der Waals surface area contributed by atoms with Crippen molar-refractivity contribution < 1.29 is 21.9 Å². The molecule has 1 atom stereocenters. The molecule has 0 spiro atoms. The van der Waals surface area contributed by atoms with Gasteiger partial charge in [0.25, 0.3) is 0 Å². The molecule has 0 aromatic heterocycles. The summed E-state index contributed by atoms with van der Waals surface area (Å²) in [4.78, 5) is 0. The Kier molecular flexibility index (Phi) is 8.90. The molecule has 0 saturated carbocycles. The first-order valence-electron chi connectivity index (χ1n) is 8.75. The van der Waals surface area contributed by atoms with E-state index >= 15 is 0 Å². The summed E-state index contributed by atoms with van der Waals surface area (Å²) in [6, 6.07) is 0. The van der Waals surface area contributed by atoms with Crippen LogP contribution in [0.2, 0.25) is 0 Å². The predicted octanol–water partition coefficient (Wildman–Crippen LogP) is 4.26. The molecule has 1 unspecified atom stereocenters. The van der Waals surface area contributed by atoms with E-state index in [1.54, 1.807) is 0 Å². The average molecular weight is 336 g/mol.